The molecule has 3 rings (SSSR count). The Morgan fingerprint density at radius 1 is 1.33 bits per heavy atom. The van der Waals surface area contributed by atoms with E-state index in [-0.39, 0.29) is 18.3 Å². The molecule has 1 aromatic carbocycles. The van der Waals surface area contributed by atoms with Crippen molar-refractivity contribution in [2.24, 2.45) is 12.8 Å². The molecule has 2 heterocycles. The van der Waals surface area contributed by atoms with Gasteiger partial charge in [-0.25, -0.2) is 4.98 Å². The predicted molar refractivity (Wildman–Crippen MR) is 90.5 cm³/mol. The Morgan fingerprint density at radius 2 is 2.17 bits per heavy atom. The van der Waals surface area contributed by atoms with Gasteiger partial charge in [0.05, 0.1) is 11.1 Å². The van der Waals surface area contributed by atoms with Gasteiger partial charge in [-0.15, -0.1) is 10.2 Å². The van der Waals surface area contributed by atoms with Crippen LogP contribution in [0.2, 0.25) is 0 Å². The monoisotopic (exact) mass is 344 g/mol. The van der Waals surface area contributed by atoms with Gasteiger partial charge in [0.1, 0.15) is 6.61 Å². The number of carbonyl (C=O) groups is 1. The molecule has 1 amide bonds. The minimum Gasteiger partial charge on any atom is -0.479 e. The number of amides is 1. The van der Waals surface area contributed by atoms with Crippen molar-refractivity contribution >= 4 is 28.6 Å². The van der Waals surface area contributed by atoms with Crippen molar-refractivity contribution in [2.45, 2.75) is 18.7 Å². The molecule has 0 aliphatic rings. The highest BCUT2D eigenvalue weighted by Gasteiger charge is 2.14. The van der Waals surface area contributed by atoms with Crippen molar-refractivity contribution in [2.75, 3.05) is 5.75 Å². The van der Waals surface area contributed by atoms with Gasteiger partial charge in [-0.2, -0.15) is 0 Å². The second kappa shape index (κ2) is 6.88. The van der Waals surface area contributed by atoms with Gasteiger partial charge in [-0.3, -0.25) is 4.79 Å². The van der Waals surface area contributed by atoms with Crippen LogP contribution in [0.15, 0.2) is 35.5 Å². The maximum Gasteiger partial charge on any atom is 0.253 e. The summed E-state index contributed by atoms with van der Waals surface area (Å²) in [6.45, 7) is 2.28. The number of hydrogen-bond donors (Lipinski definition) is 1. The quantitative estimate of drug-likeness (QED) is 0.679. The number of nitrogens with zero attached hydrogens (tertiary/aromatic N) is 3. The lowest BCUT2D eigenvalue weighted by atomic mass is 10.2. The fourth-order valence-corrected chi connectivity index (χ4v) is 2.94. The van der Waals surface area contributed by atoms with Crippen LogP contribution in [0, 0.1) is 6.92 Å². The van der Waals surface area contributed by atoms with Crippen molar-refractivity contribution in [3.63, 3.8) is 0 Å². The first kappa shape index (κ1) is 16.3. The van der Waals surface area contributed by atoms with Crippen LogP contribution >= 0.6 is 11.8 Å². The SMILES string of the molecule is Cc1ccc2cccc(OCc3nnc(SCC(N)=O)n3C)c2[nH+]1. The number of carbonyl (C=O) groups excluding carboxylic acids is 1. The average Bonchev–Trinajstić information content (AvgIpc) is 2.91. The van der Waals surface area contributed by atoms with E-state index in [2.05, 4.69) is 21.2 Å². The van der Waals surface area contributed by atoms with Crippen molar-refractivity contribution in [1.29, 1.82) is 0 Å². The molecular formula is C16H18N5O2S+. The highest BCUT2D eigenvalue weighted by molar-refractivity contribution is 7.99. The summed E-state index contributed by atoms with van der Waals surface area (Å²) in [4.78, 5) is 14.2. The van der Waals surface area contributed by atoms with Crippen molar-refractivity contribution in [1.82, 2.24) is 14.8 Å². The zero-order chi connectivity index (χ0) is 17.1. The molecule has 0 aliphatic heterocycles. The molecule has 3 aromatic rings. The summed E-state index contributed by atoms with van der Waals surface area (Å²) < 4.78 is 7.72. The number of hydrogen-bond acceptors (Lipinski definition) is 5. The molecule has 0 radical (unpaired) electrons. The molecule has 8 heteroatoms. The molecule has 0 saturated heterocycles. The van der Waals surface area contributed by atoms with Crippen LogP contribution in [0.4, 0.5) is 0 Å². The molecule has 0 bridgehead atoms. The number of pyridine rings is 1. The fraction of sp³-hybridized carbons (Fsp3) is 0.250. The largest absolute Gasteiger partial charge is 0.479 e. The van der Waals surface area contributed by atoms with E-state index in [1.165, 1.54) is 11.8 Å². The summed E-state index contributed by atoms with van der Waals surface area (Å²) in [5, 5.41) is 9.88. The Bertz CT molecular complexity index is 893. The summed E-state index contributed by atoms with van der Waals surface area (Å²) in [5.74, 6) is 1.21. The Hall–Kier alpha value is -2.61. The topological polar surface area (TPSA) is 97.2 Å². The molecule has 0 atom stereocenters. The van der Waals surface area contributed by atoms with E-state index in [1.54, 1.807) is 4.57 Å². The lowest BCUT2D eigenvalue weighted by Gasteiger charge is -2.06. The molecule has 24 heavy (non-hydrogen) atoms. The van der Waals surface area contributed by atoms with Crippen LogP contribution in [0.1, 0.15) is 11.5 Å². The van der Waals surface area contributed by atoms with E-state index >= 15 is 0 Å². The van der Waals surface area contributed by atoms with E-state index in [0.717, 1.165) is 22.3 Å². The lowest BCUT2D eigenvalue weighted by molar-refractivity contribution is -0.355. The van der Waals surface area contributed by atoms with E-state index in [0.29, 0.717) is 11.0 Å². The number of fused-ring (bicyclic) bond motifs is 1. The Labute approximate surface area is 143 Å². The van der Waals surface area contributed by atoms with Crippen molar-refractivity contribution in [3.05, 3.63) is 41.9 Å². The van der Waals surface area contributed by atoms with Gasteiger partial charge in [-0.05, 0) is 18.2 Å². The molecular weight excluding hydrogens is 326 g/mol. The van der Waals surface area contributed by atoms with Gasteiger partial charge in [-0.1, -0.05) is 17.8 Å². The molecule has 7 nitrogen and oxygen atoms in total. The minimum absolute atomic E-state index is 0.171. The second-order valence-corrected chi connectivity index (χ2v) is 6.31. The standard InChI is InChI=1S/C16H17N5O2S/c1-10-6-7-11-4-3-5-12(15(11)18-10)23-8-14-19-20-16(21(14)2)24-9-13(17)22/h3-7H,8-9H2,1-2H3,(H2,17,22)/p+1. The van der Waals surface area contributed by atoms with Crippen molar-refractivity contribution in [3.8, 4) is 5.75 Å². The number of benzene rings is 1. The lowest BCUT2D eigenvalue weighted by Crippen LogP contribution is -2.14. The highest BCUT2D eigenvalue weighted by atomic mass is 32.2. The van der Waals surface area contributed by atoms with Gasteiger partial charge in [0.2, 0.25) is 5.91 Å². The van der Waals surface area contributed by atoms with E-state index in [9.17, 15) is 4.79 Å². The molecule has 0 spiro atoms. The summed E-state index contributed by atoms with van der Waals surface area (Å²) >= 11 is 1.26. The molecule has 0 saturated carbocycles. The number of ether oxygens (including phenoxy) is 1. The number of aromatic nitrogens is 4. The van der Waals surface area contributed by atoms with Crippen molar-refractivity contribution < 1.29 is 14.5 Å². The molecule has 124 valence electrons. The van der Waals surface area contributed by atoms with Crippen LogP contribution in [-0.2, 0) is 18.4 Å². The van der Waals surface area contributed by atoms with Crippen LogP contribution in [0.5, 0.6) is 5.75 Å². The normalized spacial score (nSPS) is 10.9. The Balaban J connectivity index is 1.77. The first-order valence-electron chi connectivity index (χ1n) is 7.38. The number of thioether (sulfide) groups is 1. The summed E-state index contributed by atoms with van der Waals surface area (Å²) in [7, 11) is 1.83. The fourth-order valence-electron chi connectivity index (χ4n) is 2.27. The predicted octanol–water partition coefficient (Wildman–Crippen LogP) is 1.25. The first-order chi connectivity index (χ1) is 11.5. The Morgan fingerprint density at radius 3 is 2.96 bits per heavy atom. The zero-order valence-corrected chi connectivity index (χ0v) is 14.3. The maximum absolute atomic E-state index is 10.9. The second-order valence-electron chi connectivity index (χ2n) is 5.36. The number of H-pyrrole nitrogens is 1. The molecule has 2 aromatic heterocycles. The van der Waals surface area contributed by atoms with Crippen LogP contribution in [-0.4, -0.2) is 26.4 Å². The van der Waals surface area contributed by atoms with Gasteiger partial charge in [0, 0.05) is 20.0 Å². The summed E-state index contributed by atoms with van der Waals surface area (Å²) in [5.41, 5.74) is 7.16. The number of para-hydroxylation sites is 1. The molecule has 3 N–H and O–H groups in total. The number of nitrogens with two attached hydrogens (primary N) is 1. The molecule has 0 unspecified atom stereocenters. The van der Waals surface area contributed by atoms with E-state index in [1.807, 2.05) is 38.2 Å². The number of rotatable bonds is 6. The number of primary amides is 1. The maximum atomic E-state index is 10.9. The number of nitrogens with one attached hydrogen (secondary N) is 1. The van der Waals surface area contributed by atoms with Gasteiger partial charge in [0.25, 0.3) is 5.52 Å². The number of aryl methyl sites for hydroxylation is 1. The van der Waals surface area contributed by atoms with Crippen LogP contribution < -0.4 is 15.5 Å². The minimum atomic E-state index is -0.387. The average molecular weight is 344 g/mol. The summed E-state index contributed by atoms with van der Waals surface area (Å²) in [6.07, 6.45) is 0. The first-order valence-corrected chi connectivity index (χ1v) is 8.37. The third kappa shape index (κ3) is 3.48. The third-order valence-corrected chi connectivity index (χ3v) is 4.56. The summed E-state index contributed by atoms with van der Waals surface area (Å²) in [6, 6.07) is 9.97. The van der Waals surface area contributed by atoms with Gasteiger partial charge in [0.15, 0.2) is 22.4 Å². The smallest absolute Gasteiger partial charge is 0.253 e. The van der Waals surface area contributed by atoms with E-state index < -0.39 is 0 Å². The van der Waals surface area contributed by atoms with E-state index in [4.69, 9.17) is 10.5 Å². The molecule has 0 aliphatic carbocycles. The third-order valence-electron chi connectivity index (χ3n) is 3.52. The van der Waals surface area contributed by atoms with Crippen LogP contribution in [0.3, 0.4) is 0 Å². The number of aromatic amines is 1. The highest BCUT2D eigenvalue weighted by Crippen LogP contribution is 2.23. The van der Waals surface area contributed by atoms with Crippen LogP contribution in [0.25, 0.3) is 10.9 Å². The Kier molecular flexibility index (Phi) is 4.66. The van der Waals surface area contributed by atoms with Gasteiger partial charge < -0.3 is 15.0 Å². The zero-order valence-electron chi connectivity index (χ0n) is 13.4. The molecule has 0 fully saturated rings. The van der Waals surface area contributed by atoms with Gasteiger partial charge >= 0.3 is 0 Å².